The number of alkyl halides is 3. The van der Waals surface area contributed by atoms with Gasteiger partial charge in [-0.15, -0.1) is 0 Å². The molecule has 0 atom stereocenters. The minimum Gasteiger partial charge on any atom is -0.469 e. The van der Waals surface area contributed by atoms with E-state index in [0.717, 1.165) is 30.7 Å². The zero-order valence-electron chi connectivity index (χ0n) is 14.6. The van der Waals surface area contributed by atoms with E-state index in [1.54, 1.807) is 13.0 Å². The average molecular weight is 366 g/mol. The molecule has 0 aliphatic carbocycles. The number of amides is 1. The summed E-state index contributed by atoms with van der Waals surface area (Å²) >= 11 is 0. The van der Waals surface area contributed by atoms with Crippen LogP contribution in [0.15, 0.2) is 41.0 Å². The normalized spacial score (nSPS) is 16.5. The van der Waals surface area contributed by atoms with E-state index in [2.05, 4.69) is 4.90 Å². The van der Waals surface area contributed by atoms with Crippen LogP contribution in [-0.4, -0.2) is 41.9 Å². The Morgan fingerprint density at radius 2 is 1.81 bits per heavy atom. The standard InChI is InChI=1S/C19H21F3N2O2/c1-14-17(7-12-26-14)18(25)24-9-2-8-23(10-11-24)13-15-3-5-16(6-4-15)19(20,21)22/h3-7,12H,2,8-11,13H2,1H3. The van der Waals surface area contributed by atoms with Crippen LogP contribution >= 0.6 is 0 Å². The van der Waals surface area contributed by atoms with Crippen molar-refractivity contribution in [3.05, 3.63) is 59.0 Å². The van der Waals surface area contributed by atoms with E-state index in [-0.39, 0.29) is 5.91 Å². The fourth-order valence-electron chi connectivity index (χ4n) is 3.17. The topological polar surface area (TPSA) is 36.7 Å². The summed E-state index contributed by atoms with van der Waals surface area (Å²) < 4.78 is 43.1. The summed E-state index contributed by atoms with van der Waals surface area (Å²) in [7, 11) is 0. The SMILES string of the molecule is Cc1occc1C(=O)N1CCCN(Cc2ccc(C(F)(F)F)cc2)CC1. The first-order valence-electron chi connectivity index (χ1n) is 8.56. The van der Waals surface area contributed by atoms with Crippen molar-refractivity contribution in [3.63, 3.8) is 0 Å². The van der Waals surface area contributed by atoms with Gasteiger partial charge in [0.25, 0.3) is 5.91 Å². The third-order valence-electron chi connectivity index (χ3n) is 4.65. The molecule has 0 bridgehead atoms. The molecule has 1 aliphatic heterocycles. The van der Waals surface area contributed by atoms with Gasteiger partial charge in [0.05, 0.1) is 17.4 Å². The van der Waals surface area contributed by atoms with Crippen molar-refractivity contribution in [1.82, 2.24) is 9.80 Å². The van der Waals surface area contributed by atoms with Crippen LogP contribution in [0.4, 0.5) is 13.2 Å². The molecule has 140 valence electrons. The number of benzene rings is 1. The van der Waals surface area contributed by atoms with Crippen molar-refractivity contribution in [3.8, 4) is 0 Å². The van der Waals surface area contributed by atoms with Crippen LogP contribution in [0.25, 0.3) is 0 Å². The molecule has 1 aromatic heterocycles. The molecule has 1 fully saturated rings. The van der Waals surface area contributed by atoms with E-state index >= 15 is 0 Å². The summed E-state index contributed by atoms with van der Waals surface area (Å²) in [6.45, 7) is 5.07. The number of aryl methyl sites for hydroxylation is 1. The Morgan fingerprint density at radius 3 is 2.42 bits per heavy atom. The van der Waals surface area contributed by atoms with E-state index in [0.29, 0.717) is 37.5 Å². The molecule has 0 unspecified atom stereocenters. The molecule has 2 heterocycles. The summed E-state index contributed by atoms with van der Waals surface area (Å²) in [6.07, 6.45) is -1.98. The number of hydrogen-bond donors (Lipinski definition) is 0. The van der Waals surface area contributed by atoms with Gasteiger partial charge in [-0.25, -0.2) is 0 Å². The van der Waals surface area contributed by atoms with Crippen LogP contribution < -0.4 is 0 Å². The highest BCUT2D eigenvalue weighted by Gasteiger charge is 2.30. The number of halogens is 3. The van der Waals surface area contributed by atoms with Crippen LogP contribution in [0, 0.1) is 6.92 Å². The highest BCUT2D eigenvalue weighted by Crippen LogP contribution is 2.29. The first-order valence-corrected chi connectivity index (χ1v) is 8.56. The summed E-state index contributed by atoms with van der Waals surface area (Å²) in [5.41, 5.74) is 0.786. The molecule has 0 spiro atoms. The van der Waals surface area contributed by atoms with Crippen molar-refractivity contribution in [2.45, 2.75) is 26.1 Å². The Bertz CT molecular complexity index is 753. The number of nitrogens with zero attached hydrogens (tertiary/aromatic N) is 2. The molecule has 1 saturated heterocycles. The lowest BCUT2D eigenvalue weighted by Gasteiger charge is -2.22. The van der Waals surface area contributed by atoms with Gasteiger partial charge < -0.3 is 9.32 Å². The predicted octanol–water partition coefficient (Wildman–Crippen LogP) is 3.95. The maximum absolute atomic E-state index is 12.6. The van der Waals surface area contributed by atoms with E-state index in [4.69, 9.17) is 4.42 Å². The van der Waals surface area contributed by atoms with Crippen LogP contribution in [0.2, 0.25) is 0 Å². The van der Waals surface area contributed by atoms with Gasteiger partial charge in [0.2, 0.25) is 0 Å². The summed E-state index contributed by atoms with van der Waals surface area (Å²) in [4.78, 5) is 16.5. The van der Waals surface area contributed by atoms with Gasteiger partial charge in [0.15, 0.2) is 0 Å². The Balaban J connectivity index is 1.59. The maximum atomic E-state index is 12.6. The number of rotatable bonds is 3. The Morgan fingerprint density at radius 1 is 1.08 bits per heavy atom. The fourth-order valence-corrected chi connectivity index (χ4v) is 3.17. The monoisotopic (exact) mass is 366 g/mol. The maximum Gasteiger partial charge on any atom is 0.416 e. The van der Waals surface area contributed by atoms with Crippen molar-refractivity contribution in [2.24, 2.45) is 0 Å². The van der Waals surface area contributed by atoms with E-state index < -0.39 is 11.7 Å². The molecule has 1 amide bonds. The molecule has 1 aromatic carbocycles. The molecule has 0 saturated carbocycles. The average Bonchev–Trinajstić information content (AvgIpc) is 2.88. The first kappa shape index (κ1) is 18.5. The number of carbonyl (C=O) groups is 1. The molecule has 0 radical (unpaired) electrons. The molecule has 1 aliphatic rings. The lowest BCUT2D eigenvalue weighted by molar-refractivity contribution is -0.137. The minimum atomic E-state index is -4.31. The Kier molecular flexibility index (Phi) is 5.36. The second kappa shape index (κ2) is 7.53. The van der Waals surface area contributed by atoms with Gasteiger partial charge in [0.1, 0.15) is 5.76 Å². The number of furan rings is 1. The molecule has 2 aromatic rings. The minimum absolute atomic E-state index is 0.0346. The van der Waals surface area contributed by atoms with Crippen molar-refractivity contribution < 1.29 is 22.4 Å². The van der Waals surface area contributed by atoms with Crippen molar-refractivity contribution in [1.29, 1.82) is 0 Å². The number of carbonyl (C=O) groups excluding carboxylic acids is 1. The molecule has 0 N–H and O–H groups in total. The Labute approximate surface area is 150 Å². The largest absolute Gasteiger partial charge is 0.469 e. The Hall–Kier alpha value is -2.28. The van der Waals surface area contributed by atoms with Crippen molar-refractivity contribution >= 4 is 5.91 Å². The van der Waals surface area contributed by atoms with Crippen LogP contribution in [0.5, 0.6) is 0 Å². The summed E-state index contributed by atoms with van der Waals surface area (Å²) in [5.74, 6) is 0.577. The highest BCUT2D eigenvalue weighted by molar-refractivity contribution is 5.95. The van der Waals surface area contributed by atoms with E-state index in [1.807, 2.05) is 4.90 Å². The lowest BCUT2D eigenvalue weighted by Crippen LogP contribution is -2.35. The zero-order chi connectivity index (χ0) is 18.7. The summed E-state index contributed by atoms with van der Waals surface area (Å²) in [6, 6.07) is 6.95. The van der Waals surface area contributed by atoms with Gasteiger partial charge in [-0.2, -0.15) is 13.2 Å². The van der Waals surface area contributed by atoms with Gasteiger partial charge in [-0.1, -0.05) is 12.1 Å². The smallest absolute Gasteiger partial charge is 0.416 e. The third kappa shape index (κ3) is 4.27. The third-order valence-corrected chi connectivity index (χ3v) is 4.65. The highest BCUT2D eigenvalue weighted by atomic mass is 19.4. The quantitative estimate of drug-likeness (QED) is 0.825. The van der Waals surface area contributed by atoms with Gasteiger partial charge in [0, 0.05) is 32.7 Å². The van der Waals surface area contributed by atoms with Crippen molar-refractivity contribution in [2.75, 3.05) is 26.2 Å². The predicted molar refractivity (Wildman–Crippen MR) is 90.7 cm³/mol. The molecule has 4 nitrogen and oxygen atoms in total. The fraction of sp³-hybridized carbons (Fsp3) is 0.421. The van der Waals surface area contributed by atoms with E-state index in [1.165, 1.54) is 18.4 Å². The molecular formula is C19H21F3N2O2. The molecule has 3 rings (SSSR count). The zero-order valence-corrected chi connectivity index (χ0v) is 14.6. The number of hydrogen-bond acceptors (Lipinski definition) is 3. The molecule has 7 heteroatoms. The van der Waals surface area contributed by atoms with Crippen LogP contribution in [0.3, 0.4) is 0 Å². The van der Waals surface area contributed by atoms with Gasteiger partial charge >= 0.3 is 6.18 Å². The second-order valence-electron chi connectivity index (χ2n) is 6.51. The van der Waals surface area contributed by atoms with E-state index in [9.17, 15) is 18.0 Å². The van der Waals surface area contributed by atoms with Crippen LogP contribution in [0.1, 0.15) is 33.7 Å². The first-order chi connectivity index (χ1) is 12.3. The molecular weight excluding hydrogens is 345 g/mol. The second-order valence-corrected chi connectivity index (χ2v) is 6.51. The molecule has 26 heavy (non-hydrogen) atoms. The lowest BCUT2D eigenvalue weighted by atomic mass is 10.1. The van der Waals surface area contributed by atoms with Crippen LogP contribution in [-0.2, 0) is 12.7 Å². The van der Waals surface area contributed by atoms with Gasteiger partial charge in [-0.3, -0.25) is 9.69 Å². The van der Waals surface area contributed by atoms with Gasteiger partial charge in [-0.05, 0) is 37.1 Å². The summed E-state index contributed by atoms with van der Waals surface area (Å²) in [5, 5.41) is 0.